The number of hydrogen-bond donors (Lipinski definition) is 1. The molecule has 1 aromatic rings. The minimum absolute atomic E-state index is 0.736. The van der Waals surface area contributed by atoms with Crippen LogP contribution in [0.2, 0.25) is 0 Å². The molecule has 1 nitrogen and oxygen atoms in total. The van der Waals surface area contributed by atoms with Crippen molar-refractivity contribution in [2.24, 2.45) is 0 Å². The first kappa shape index (κ1) is 11.2. The molecule has 1 N–H and O–H groups in total. The van der Waals surface area contributed by atoms with Gasteiger partial charge in [0.15, 0.2) is 0 Å². The molecule has 2 heteroatoms. The lowest BCUT2D eigenvalue weighted by Crippen LogP contribution is -2.25. The zero-order valence-corrected chi connectivity index (χ0v) is 10.6. The van der Waals surface area contributed by atoms with E-state index in [4.69, 9.17) is 0 Å². The largest absolute Gasteiger partial charge is 0.317 e. The van der Waals surface area contributed by atoms with E-state index in [1.54, 1.807) is 4.88 Å². The van der Waals surface area contributed by atoms with Crippen molar-refractivity contribution in [2.75, 3.05) is 7.05 Å². The molecule has 2 atom stereocenters. The maximum atomic E-state index is 3.46. The van der Waals surface area contributed by atoms with Crippen molar-refractivity contribution >= 4 is 11.3 Å². The van der Waals surface area contributed by atoms with Crippen molar-refractivity contribution in [3.63, 3.8) is 0 Å². The van der Waals surface area contributed by atoms with E-state index in [-0.39, 0.29) is 0 Å². The Hall–Kier alpha value is -0.340. The predicted molar refractivity (Wildman–Crippen MR) is 67.7 cm³/mol. The van der Waals surface area contributed by atoms with Crippen LogP contribution in [0.4, 0.5) is 0 Å². The van der Waals surface area contributed by atoms with E-state index < -0.39 is 0 Å². The highest BCUT2D eigenvalue weighted by Gasteiger charge is 2.21. The Labute approximate surface area is 96.9 Å². The van der Waals surface area contributed by atoms with Gasteiger partial charge in [0.2, 0.25) is 0 Å². The average Bonchev–Trinajstić information content (AvgIpc) is 2.54. The molecule has 0 aromatic carbocycles. The first-order valence-electron chi connectivity index (χ1n) is 6.03. The maximum absolute atomic E-state index is 3.46. The van der Waals surface area contributed by atoms with Gasteiger partial charge in [-0.25, -0.2) is 0 Å². The minimum Gasteiger partial charge on any atom is -0.317 e. The highest BCUT2D eigenvalue weighted by Crippen LogP contribution is 2.35. The fourth-order valence-electron chi connectivity index (χ4n) is 2.55. The Morgan fingerprint density at radius 1 is 1.27 bits per heavy atom. The molecular weight excluding hydrogens is 202 g/mol. The predicted octanol–water partition coefficient (Wildman–Crippen LogP) is 3.69. The normalized spacial score (nSPS) is 27.6. The molecule has 1 aliphatic rings. The second-order valence-electron chi connectivity index (χ2n) is 4.65. The number of hydrogen-bond acceptors (Lipinski definition) is 2. The second-order valence-corrected chi connectivity index (χ2v) is 5.97. The van der Waals surface area contributed by atoms with Crippen molar-refractivity contribution in [3.05, 3.63) is 21.9 Å². The molecule has 0 radical (unpaired) electrons. The lowest BCUT2D eigenvalue weighted by Gasteiger charge is -2.18. The first-order valence-corrected chi connectivity index (χ1v) is 6.85. The van der Waals surface area contributed by atoms with Crippen molar-refractivity contribution in [1.29, 1.82) is 0 Å². The Bertz CT molecular complexity index is 305. The lowest BCUT2D eigenvalue weighted by molar-refractivity contribution is 0.474. The van der Waals surface area contributed by atoms with Gasteiger partial charge in [-0.05, 0) is 51.3 Å². The van der Waals surface area contributed by atoms with Gasteiger partial charge in [0.25, 0.3) is 0 Å². The Balaban J connectivity index is 2.07. The second kappa shape index (κ2) is 5.13. The monoisotopic (exact) mass is 223 g/mol. The molecule has 0 saturated heterocycles. The van der Waals surface area contributed by atoms with Crippen LogP contribution in [-0.2, 0) is 0 Å². The third-order valence-corrected chi connectivity index (χ3v) is 4.66. The number of nitrogens with one attached hydrogen (secondary N) is 1. The molecular formula is C13H21NS. The van der Waals surface area contributed by atoms with E-state index in [1.165, 1.54) is 37.0 Å². The molecule has 1 saturated carbocycles. The third kappa shape index (κ3) is 2.82. The zero-order valence-electron chi connectivity index (χ0n) is 9.75. The van der Waals surface area contributed by atoms with Crippen LogP contribution in [0.15, 0.2) is 12.1 Å². The van der Waals surface area contributed by atoms with Crippen LogP contribution in [0.1, 0.15) is 47.8 Å². The van der Waals surface area contributed by atoms with Crippen molar-refractivity contribution in [1.82, 2.24) is 5.32 Å². The summed E-state index contributed by atoms with van der Waals surface area (Å²) in [4.78, 5) is 3.06. The fourth-order valence-corrected chi connectivity index (χ4v) is 3.58. The summed E-state index contributed by atoms with van der Waals surface area (Å²) in [7, 11) is 2.10. The summed E-state index contributed by atoms with van der Waals surface area (Å²) in [6.07, 6.45) is 6.87. The van der Waals surface area contributed by atoms with Gasteiger partial charge >= 0.3 is 0 Å². The summed E-state index contributed by atoms with van der Waals surface area (Å²) < 4.78 is 0. The van der Waals surface area contributed by atoms with Crippen molar-refractivity contribution < 1.29 is 0 Å². The molecule has 84 valence electrons. The summed E-state index contributed by atoms with van der Waals surface area (Å²) in [5.41, 5.74) is 0. The summed E-state index contributed by atoms with van der Waals surface area (Å²) >= 11 is 1.99. The molecule has 0 spiro atoms. The van der Waals surface area contributed by atoms with Gasteiger partial charge in [-0.3, -0.25) is 0 Å². The van der Waals surface area contributed by atoms with Gasteiger partial charge < -0.3 is 5.32 Å². The van der Waals surface area contributed by atoms with Gasteiger partial charge in [-0.1, -0.05) is 12.8 Å². The van der Waals surface area contributed by atoms with E-state index in [0.717, 1.165) is 12.0 Å². The quantitative estimate of drug-likeness (QED) is 0.754. The van der Waals surface area contributed by atoms with Crippen molar-refractivity contribution in [3.8, 4) is 0 Å². The Morgan fingerprint density at radius 2 is 2.07 bits per heavy atom. The molecule has 1 heterocycles. The third-order valence-electron chi connectivity index (χ3n) is 3.50. The Morgan fingerprint density at radius 3 is 2.73 bits per heavy atom. The molecule has 2 unspecified atom stereocenters. The van der Waals surface area contributed by atoms with E-state index >= 15 is 0 Å². The van der Waals surface area contributed by atoms with Crippen molar-refractivity contribution in [2.45, 2.75) is 51.0 Å². The van der Waals surface area contributed by atoms with E-state index in [9.17, 15) is 0 Å². The molecule has 1 aromatic heterocycles. The minimum atomic E-state index is 0.736. The highest BCUT2D eigenvalue weighted by atomic mass is 32.1. The molecule has 2 rings (SSSR count). The molecule has 15 heavy (non-hydrogen) atoms. The van der Waals surface area contributed by atoms with Crippen LogP contribution in [-0.4, -0.2) is 13.1 Å². The summed E-state index contributed by atoms with van der Waals surface area (Å²) in [5, 5.41) is 3.46. The standard InChI is InChI=1S/C13H21NS/c1-10-7-8-13(15-10)11-5-3-4-6-12(9-11)14-2/h7-8,11-12,14H,3-6,9H2,1-2H3. The zero-order chi connectivity index (χ0) is 10.7. The van der Waals surface area contributed by atoms with E-state index in [0.29, 0.717) is 0 Å². The maximum Gasteiger partial charge on any atom is 0.00796 e. The number of thiophene rings is 1. The Kier molecular flexibility index (Phi) is 3.81. The average molecular weight is 223 g/mol. The van der Waals surface area contributed by atoms with Crippen LogP contribution in [0.3, 0.4) is 0 Å². The first-order chi connectivity index (χ1) is 7.29. The fraction of sp³-hybridized carbons (Fsp3) is 0.692. The molecule has 1 fully saturated rings. The molecule has 0 aliphatic heterocycles. The summed E-state index contributed by atoms with van der Waals surface area (Å²) in [6.45, 7) is 2.21. The lowest BCUT2D eigenvalue weighted by atomic mass is 9.96. The summed E-state index contributed by atoms with van der Waals surface area (Å²) in [5.74, 6) is 0.809. The van der Waals surface area contributed by atoms with Gasteiger partial charge in [0.05, 0.1) is 0 Å². The molecule has 0 bridgehead atoms. The van der Waals surface area contributed by atoms with Crippen LogP contribution in [0, 0.1) is 6.92 Å². The van der Waals surface area contributed by atoms with Gasteiger partial charge in [0, 0.05) is 15.8 Å². The van der Waals surface area contributed by atoms with Gasteiger partial charge in [-0.15, -0.1) is 11.3 Å². The highest BCUT2D eigenvalue weighted by molar-refractivity contribution is 7.12. The van der Waals surface area contributed by atoms with Crippen LogP contribution in [0.25, 0.3) is 0 Å². The van der Waals surface area contributed by atoms with Gasteiger partial charge in [-0.2, -0.15) is 0 Å². The van der Waals surface area contributed by atoms with Gasteiger partial charge in [0.1, 0.15) is 0 Å². The summed E-state index contributed by atoms with van der Waals surface area (Å²) in [6, 6.07) is 5.34. The number of aryl methyl sites for hydroxylation is 1. The van der Waals surface area contributed by atoms with E-state index in [2.05, 4.69) is 31.4 Å². The molecule has 1 aliphatic carbocycles. The van der Waals surface area contributed by atoms with Crippen LogP contribution < -0.4 is 5.32 Å². The smallest absolute Gasteiger partial charge is 0.00796 e. The van der Waals surface area contributed by atoms with Crippen LogP contribution >= 0.6 is 11.3 Å². The number of rotatable bonds is 2. The van der Waals surface area contributed by atoms with Crippen LogP contribution in [0.5, 0.6) is 0 Å². The molecule has 0 amide bonds. The topological polar surface area (TPSA) is 12.0 Å². The SMILES string of the molecule is CNC1CCCCC(c2ccc(C)s2)C1. The van der Waals surface area contributed by atoms with E-state index in [1.807, 2.05) is 11.3 Å².